The number of hydrogen-bond donors (Lipinski definition) is 1. The van der Waals surface area contributed by atoms with Gasteiger partial charge >= 0.3 is 0 Å². The van der Waals surface area contributed by atoms with Crippen LogP contribution in [0.1, 0.15) is 5.01 Å². The lowest BCUT2D eigenvalue weighted by molar-refractivity contribution is 0.983. The summed E-state index contributed by atoms with van der Waals surface area (Å²) in [5.41, 5.74) is 0. The van der Waals surface area contributed by atoms with E-state index in [-0.39, 0.29) is 0 Å². The number of halogens is 1. The van der Waals surface area contributed by atoms with E-state index >= 15 is 0 Å². The van der Waals surface area contributed by atoms with Gasteiger partial charge in [-0.2, -0.15) is 0 Å². The van der Waals surface area contributed by atoms with E-state index in [1.807, 2.05) is 16.8 Å². The van der Waals surface area contributed by atoms with Crippen molar-refractivity contribution in [1.29, 1.82) is 0 Å². The molecule has 0 fully saturated rings. The first-order valence-electron chi connectivity index (χ1n) is 5.35. The summed E-state index contributed by atoms with van der Waals surface area (Å²) in [5.74, 6) is 0.900. The molecule has 4 nitrogen and oxygen atoms in total. The maximum Gasteiger partial charge on any atom is 0.138 e. The number of thiophene rings is 1. The molecule has 1 N–H and O–H groups in total. The van der Waals surface area contributed by atoms with Crippen LogP contribution in [-0.4, -0.2) is 21.5 Å². The fourth-order valence-corrected chi connectivity index (χ4v) is 3.62. The molecule has 0 saturated heterocycles. The third-order valence-corrected chi connectivity index (χ3v) is 4.86. The minimum absolute atomic E-state index is 0.821. The molecule has 0 aliphatic carbocycles. The first kappa shape index (κ1) is 12.0. The number of thiazole rings is 1. The van der Waals surface area contributed by atoms with Crippen molar-refractivity contribution >= 4 is 54.6 Å². The monoisotopic (exact) mass is 340 g/mol. The molecule has 7 heteroatoms. The van der Waals surface area contributed by atoms with Crippen molar-refractivity contribution in [2.24, 2.45) is 0 Å². The largest absolute Gasteiger partial charge is 0.369 e. The molecule has 0 aromatic carbocycles. The number of fused-ring (bicyclic) bond motifs is 1. The normalized spacial score (nSPS) is 10.9. The third-order valence-electron chi connectivity index (χ3n) is 2.42. The van der Waals surface area contributed by atoms with Crippen LogP contribution in [0.25, 0.3) is 10.2 Å². The van der Waals surface area contributed by atoms with Crippen molar-refractivity contribution in [1.82, 2.24) is 15.0 Å². The molecule has 3 heterocycles. The van der Waals surface area contributed by atoms with E-state index in [9.17, 15) is 0 Å². The van der Waals surface area contributed by atoms with Crippen molar-refractivity contribution in [3.8, 4) is 0 Å². The highest BCUT2D eigenvalue weighted by molar-refractivity contribution is 9.10. The number of rotatable bonds is 4. The molecule has 92 valence electrons. The Kier molecular flexibility index (Phi) is 3.53. The Hall–Kier alpha value is -1.05. The Bertz CT molecular complexity index is 664. The lowest BCUT2D eigenvalue weighted by atomic mass is 10.3. The van der Waals surface area contributed by atoms with E-state index in [2.05, 4.69) is 36.2 Å². The minimum Gasteiger partial charge on any atom is -0.369 e. The van der Waals surface area contributed by atoms with Gasteiger partial charge in [-0.25, -0.2) is 15.0 Å². The van der Waals surface area contributed by atoms with Gasteiger partial charge in [0.05, 0.1) is 10.4 Å². The fraction of sp³-hybridized carbons (Fsp3) is 0.182. The second-order valence-corrected chi connectivity index (χ2v) is 6.25. The predicted octanol–water partition coefficient (Wildman–Crippen LogP) is 3.56. The Labute approximate surface area is 120 Å². The van der Waals surface area contributed by atoms with Gasteiger partial charge in [0.15, 0.2) is 0 Å². The molecule has 0 saturated carbocycles. The number of nitrogens with zero attached hydrogens (tertiary/aromatic N) is 3. The molecule has 0 aliphatic heterocycles. The molecule has 0 amide bonds. The van der Waals surface area contributed by atoms with Crippen LogP contribution in [0.4, 0.5) is 5.82 Å². The lowest BCUT2D eigenvalue weighted by Crippen LogP contribution is -2.06. The van der Waals surface area contributed by atoms with Gasteiger partial charge in [-0.3, -0.25) is 0 Å². The highest BCUT2D eigenvalue weighted by atomic mass is 79.9. The van der Waals surface area contributed by atoms with Crippen LogP contribution < -0.4 is 5.32 Å². The fourth-order valence-electron chi connectivity index (χ4n) is 1.62. The zero-order valence-corrected chi connectivity index (χ0v) is 12.5. The van der Waals surface area contributed by atoms with Crippen molar-refractivity contribution in [2.75, 3.05) is 11.9 Å². The van der Waals surface area contributed by atoms with Crippen LogP contribution >= 0.6 is 38.6 Å². The SMILES string of the molecule is Brc1csc(CCNc2ncnc3sccc23)n1. The molecular formula is C11H9BrN4S2. The number of aromatic nitrogens is 3. The van der Waals surface area contributed by atoms with E-state index in [4.69, 9.17) is 0 Å². The van der Waals surface area contributed by atoms with Gasteiger partial charge in [0, 0.05) is 18.3 Å². The Morgan fingerprint density at radius 2 is 2.22 bits per heavy atom. The zero-order valence-electron chi connectivity index (χ0n) is 9.26. The molecular weight excluding hydrogens is 332 g/mol. The highest BCUT2D eigenvalue weighted by Gasteiger charge is 2.04. The number of anilines is 1. The van der Waals surface area contributed by atoms with Crippen molar-refractivity contribution in [3.05, 3.63) is 32.8 Å². The number of nitrogens with one attached hydrogen (secondary N) is 1. The van der Waals surface area contributed by atoms with Crippen molar-refractivity contribution < 1.29 is 0 Å². The Morgan fingerprint density at radius 1 is 1.28 bits per heavy atom. The molecule has 3 aromatic heterocycles. The summed E-state index contributed by atoms with van der Waals surface area (Å²) in [6, 6.07) is 2.04. The first-order valence-corrected chi connectivity index (χ1v) is 7.90. The second kappa shape index (κ2) is 5.29. The van der Waals surface area contributed by atoms with Gasteiger partial charge in [-0.1, -0.05) is 0 Å². The van der Waals surface area contributed by atoms with Gasteiger partial charge in [0.2, 0.25) is 0 Å². The van der Waals surface area contributed by atoms with Crippen LogP contribution in [-0.2, 0) is 6.42 Å². The van der Waals surface area contributed by atoms with Crippen LogP contribution in [0, 0.1) is 0 Å². The molecule has 0 spiro atoms. The molecule has 18 heavy (non-hydrogen) atoms. The second-order valence-electron chi connectivity index (χ2n) is 3.60. The summed E-state index contributed by atoms with van der Waals surface area (Å²) >= 11 is 6.64. The maximum absolute atomic E-state index is 4.36. The molecule has 3 aromatic rings. The summed E-state index contributed by atoms with van der Waals surface area (Å²) in [6.07, 6.45) is 2.49. The zero-order chi connectivity index (χ0) is 12.4. The molecule has 0 radical (unpaired) electrons. The standard InChI is InChI=1S/C11H9BrN4S2/c12-8-5-18-9(16-8)1-3-13-10-7-2-4-17-11(7)15-6-14-10/h2,4-6H,1,3H2,(H,13,14,15). The van der Waals surface area contributed by atoms with Crippen LogP contribution in [0.3, 0.4) is 0 Å². The summed E-state index contributed by atoms with van der Waals surface area (Å²) in [7, 11) is 0. The summed E-state index contributed by atoms with van der Waals surface area (Å²) < 4.78 is 0.907. The van der Waals surface area contributed by atoms with Gasteiger partial charge in [-0.15, -0.1) is 22.7 Å². The lowest BCUT2D eigenvalue weighted by Gasteiger charge is -2.04. The van der Waals surface area contributed by atoms with Gasteiger partial charge in [0.1, 0.15) is 21.6 Å². The van der Waals surface area contributed by atoms with Crippen LogP contribution in [0.15, 0.2) is 27.8 Å². The molecule has 0 unspecified atom stereocenters. The topological polar surface area (TPSA) is 50.7 Å². The minimum atomic E-state index is 0.821. The summed E-state index contributed by atoms with van der Waals surface area (Å²) in [6.45, 7) is 0.821. The van der Waals surface area contributed by atoms with E-state index in [1.54, 1.807) is 29.0 Å². The Morgan fingerprint density at radius 3 is 3.06 bits per heavy atom. The van der Waals surface area contributed by atoms with Crippen molar-refractivity contribution in [3.63, 3.8) is 0 Å². The van der Waals surface area contributed by atoms with Crippen LogP contribution in [0.5, 0.6) is 0 Å². The molecule has 3 rings (SSSR count). The quantitative estimate of drug-likeness (QED) is 0.788. The summed E-state index contributed by atoms with van der Waals surface area (Å²) in [5, 5.41) is 9.57. The van der Waals surface area contributed by atoms with Gasteiger partial charge < -0.3 is 5.32 Å². The van der Waals surface area contributed by atoms with E-state index < -0.39 is 0 Å². The van der Waals surface area contributed by atoms with Gasteiger partial charge in [0.25, 0.3) is 0 Å². The van der Waals surface area contributed by atoms with Crippen LogP contribution in [0.2, 0.25) is 0 Å². The average molecular weight is 341 g/mol. The first-order chi connectivity index (χ1) is 8.83. The third kappa shape index (κ3) is 2.52. The van der Waals surface area contributed by atoms with Gasteiger partial charge in [-0.05, 0) is 27.4 Å². The average Bonchev–Trinajstić information content (AvgIpc) is 2.98. The highest BCUT2D eigenvalue weighted by Crippen LogP contribution is 2.23. The van der Waals surface area contributed by atoms with E-state index in [1.165, 1.54) is 0 Å². The molecule has 0 atom stereocenters. The smallest absolute Gasteiger partial charge is 0.138 e. The van der Waals surface area contributed by atoms with Crippen molar-refractivity contribution in [2.45, 2.75) is 6.42 Å². The molecule has 0 bridgehead atoms. The molecule has 0 aliphatic rings. The number of hydrogen-bond acceptors (Lipinski definition) is 6. The predicted molar refractivity (Wildman–Crippen MR) is 79.4 cm³/mol. The maximum atomic E-state index is 4.36. The van der Waals surface area contributed by atoms with E-state index in [0.717, 1.165) is 38.6 Å². The summed E-state index contributed by atoms with van der Waals surface area (Å²) in [4.78, 5) is 13.9. The Balaban J connectivity index is 1.68. The van der Waals surface area contributed by atoms with E-state index in [0.29, 0.717) is 0 Å².